The van der Waals surface area contributed by atoms with Gasteiger partial charge in [-0.2, -0.15) is 0 Å². The molecule has 0 aliphatic heterocycles. The first kappa shape index (κ1) is 76.6. The number of carbonyl (C=O) groups is 3. The van der Waals surface area contributed by atoms with Crippen LogP contribution in [0.3, 0.4) is 0 Å². The average Bonchev–Trinajstić information content (AvgIpc) is 3.45. The predicted octanol–water partition coefficient (Wildman–Crippen LogP) is 24.3. The fourth-order valence-electron chi connectivity index (χ4n) is 10.8. The van der Waals surface area contributed by atoms with Gasteiger partial charge in [-0.3, -0.25) is 14.4 Å². The van der Waals surface area contributed by atoms with Crippen LogP contribution in [-0.4, -0.2) is 37.2 Å². The van der Waals surface area contributed by atoms with Crippen molar-refractivity contribution in [2.45, 2.75) is 399 Å². The van der Waals surface area contributed by atoms with Crippen LogP contribution in [0.15, 0.2) is 36.5 Å². The highest BCUT2D eigenvalue weighted by atomic mass is 16.6. The van der Waals surface area contributed by atoms with Crippen molar-refractivity contribution in [1.29, 1.82) is 0 Å². The maximum absolute atomic E-state index is 12.9. The van der Waals surface area contributed by atoms with Gasteiger partial charge < -0.3 is 14.2 Å². The highest BCUT2D eigenvalue weighted by Crippen LogP contribution is 2.18. The van der Waals surface area contributed by atoms with Crippen LogP contribution >= 0.6 is 0 Å². The SMILES string of the molecule is CCCCCC/C=C\C/C=C\CCCCCCCCCC(=O)OC(COC(=O)CCCCCCCCCCCCCCCC)COC(=O)CCCCCCCCCCCCCCCCCCC/C=C\CCCCCCCCCC. The predicted molar refractivity (Wildman–Crippen MR) is 344 cm³/mol. The van der Waals surface area contributed by atoms with Gasteiger partial charge in [0.25, 0.3) is 0 Å². The molecular formula is C73H136O6. The zero-order valence-corrected chi connectivity index (χ0v) is 53.4. The highest BCUT2D eigenvalue weighted by molar-refractivity contribution is 5.71. The summed E-state index contributed by atoms with van der Waals surface area (Å²) in [6.45, 7) is 6.69. The third-order valence-corrected chi connectivity index (χ3v) is 16.1. The highest BCUT2D eigenvalue weighted by Gasteiger charge is 2.19. The smallest absolute Gasteiger partial charge is 0.306 e. The Labute approximate surface area is 493 Å². The largest absolute Gasteiger partial charge is 0.462 e. The van der Waals surface area contributed by atoms with Crippen molar-refractivity contribution < 1.29 is 28.6 Å². The summed E-state index contributed by atoms with van der Waals surface area (Å²) in [7, 11) is 0. The number of esters is 3. The lowest BCUT2D eigenvalue weighted by molar-refractivity contribution is -0.167. The Kier molecular flexibility index (Phi) is 66.1. The number of unbranched alkanes of at least 4 members (excludes halogenated alkanes) is 49. The molecular weight excluding hydrogens is 973 g/mol. The Balaban J connectivity index is 4.20. The minimum atomic E-state index is -0.774. The maximum Gasteiger partial charge on any atom is 0.306 e. The molecule has 0 N–H and O–H groups in total. The van der Waals surface area contributed by atoms with E-state index in [0.29, 0.717) is 19.3 Å². The Morgan fingerprint density at radius 2 is 0.456 bits per heavy atom. The summed E-state index contributed by atoms with van der Waals surface area (Å²) >= 11 is 0. The molecule has 0 aliphatic rings. The summed E-state index contributed by atoms with van der Waals surface area (Å²) < 4.78 is 17.0. The molecule has 0 rings (SSSR count). The summed E-state index contributed by atoms with van der Waals surface area (Å²) in [5.74, 6) is -0.849. The second-order valence-corrected chi connectivity index (χ2v) is 24.1. The van der Waals surface area contributed by atoms with Crippen LogP contribution in [0.5, 0.6) is 0 Å². The average molecular weight is 1110 g/mol. The second kappa shape index (κ2) is 68.1. The number of ether oxygens (including phenoxy) is 3. The van der Waals surface area contributed by atoms with Gasteiger partial charge in [0.2, 0.25) is 0 Å². The fraction of sp³-hybridized carbons (Fsp3) is 0.877. The Bertz CT molecular complexity index is 1320. The number of hydrogen-bond donors (Lipinski definition) is 0. The third-order valence-electron chi connectivity index (χ3n) is 16.1. The summed E-state index contributed by atoms with van der Waals surface area (Å²) in [6.07, 6.45) is 84.6. The molecule has 0 spiro atoms. The van der Waals surface area contributed by atoms with E-state index in [-0.39, 0.29) is 31.1 Å². The van der Waals surface area contributed by atoms with Gasteiger partial charge in [-0.25, -0.2) is 0 Å². The molecule has 0 heterocycles. The monoisotopic (exact) mass is 1110 g/mol. The quantitative estimate of drug-likeness (QED) is 0.0261. The normalized spacial score (nSPS) is 12.2. The minimum Gasteiger partial charge on any atom is -0.462 e. The van der Waals surface area contributed by atoms with Gasteiger partial charge in [0, 0.05) is 19.3 Å². The van der Waals surface area contributed by atoms with Crippen LogP contribution in [-0.2, 0) is 28.6 Å². The molecule has 0 aromatic rings. The third kappa shape index (κ3) is 66.3. The van der Waals surface area contributed by atoms with E-state index in [2.05, 4.69) is 57.2 Å². The maximum atomic E-state index is 12.9. The molecule has 0 bridgehead atoms. The van der Waals surface area contributed by atoms with E-state index in [1.54, 1.807) is 0 Å². The van der Waals surface area contributed by atoms with Crippen molar-refractivity contribution in [2.24, 2.45) is 0 Å². The lowest BCUT2D eigenvalue weighted by Crippen LogP contribution is -2.30. The molecule has 6 heteroatoms. The standard InChI is InChI=1S/C73H136O6/c1-4-7-10-13-16-19-22-25-28-30-32-33-34-35-36-37-38-39-40-41-42-44-45-48-51-54-57-60-63-66-72(75)78-69-70(68-77-71(74)65-62-59-56-53-50-47-27-24-21-18-15-12-9-6-3)79-73(76)67-64-61-58-55-52-49-46-43-31-29-26-23-20-17-14-11-8-5-2/h20,23,29-32,70H,4-19,21-22,24-28,33-69H2,1-3H3/b23-20-,31-29-,32-30-. The molecule has 0 radical (unpaired) electrons. The molecule has 0 fully saturated rings. The zero-order valence-electron chi connectivity index (χ0n) is 53.4. The lowest BCUT2D eigenvalue weighted by Gasteiger charge is -2.18. The van der Waals surface area contributed by atoms with Crippen molar-refractivity contribution in [3.05, 3.63) is 36.5 Å². The molecule has 0 aromatic heterocycles. The van der Waals surface area contributed by atoms with E-state index < -0.39 is 6.10 Å². The van der Waals surface area contributed by atoms with Gasteiger partial charge in [-0.15, -0.1) is 0 Å². The van der Waals surface area contributed by atoms with Gasteiger partial charge in [0.05, 0.1) is 0 Å². The summed E-state index contributed by atoms with van der Waals surface area (Å²) in [4.78, 5) is 38.4. The van der Waals surface area contributed by atoms with E-state index >= 15 is 0 Å². The van der Waals surface area contributed by atoms with E-state index in [1.807, 2.05) is 0 Å². The number of rotatable bonds is 66. The molecule has 0 saturated heterocycles. The van der Waals surface area contributed by atoms with Gasteiger partial charge in [-0.1, -0.05) is 333 Å². The Morgan fingerprint density at radius 3 is 0.722 bits per heavy atom. The van der Waals surface area contributed by atoms with Gasteiger partial charge >= 0.3 is 17.9 Å². The number of hydrogen-bond acceptors (Lipinski definition) is 6. The topological polar surface area (TPSA) is 78.9 Å². The molecule has 0 aromatic carbocycles. The molecule has 0 amide bonds. The molecule has 1 atom stereocenters. The zero-order chi connectivity index (χ0) is 57.1. The Hall–Kier alpha value is -2.37. The van der Waals surface area contributed by atoms with Crippen molar-refractivity contribution in [3.8, 4) is 0 Å². The first-order chi connectivity index (χ1) is 39.0. The van der Waals surface area contributed by atoms with Crippen molar-refractivity contribution in [2.75, 3.05) is 13.2 Å². The summed E-state index contributed by atoms with van der Waals surface area (Å²) in [6, 6.07) is 0. The van der Waals surface area contributed by atoms with Gasteiger partial charge in [0.15, 0.2) is 6.10 Å². The Morgan fingerprint density at radius 1 is 0.253 bits per heavy atom. The fourth-order valence-corrected chi connectivity index (χ4v) is 10.8. The minimum absolute atomic E-state index is 0.0699. The second-order valence-electron chi connectivity index (χ2n) is 24.1. The van der Waals surface area contributed by atoms with Crippen LogP contribution in [0.1, 0.15) is 393 Å². The van der Waals surface area contributed by atoms with E-state index in [0.717, 1.165) is 70.6 Å². The summed E-state index contributed by atoms with van der Waals surface area (Å²) in [5, 5.41) is 0. The van der Waals surface area contributed by atoms with Gasteiger partial charge in [0.1, 0.15) is 13.2 Å². The molecule has 0 aliphatic carbocycles. The summed E-state index contributed by atoms with van der Waals surface area (Å²) in [5.41, 5.74) is 0. The van der Waals surface area contributed by atoms with Crippen LogP contribution in [0.4, 0.5) is 0 Å². The van der Waals surface area contributed by atoms with Crippen LogP contribution in [0.2, 0.25) is 0 Å². The van der Waals surface area contributed by atoms with Crippen LogP contribution in [0, 0.1) is 0 Å². The number of carbonyl (C=O) groups excluding carboxylic acids is 3. The lowest BCUT2D eigenvalue weighted by atomic mass is 10.0. The first-order valence-corrected chi connectivity index (χ1v) is 35.5. The number of allylic oxidation sites excluding steroid dienone is 6. The van der Waals surface area contributed by atoms with Crippen molar-refractivity contribution in [3.63, 3.8) is 0 Å². The van der Waals surface area contributed by atoms with Crippen LogP contribution < -0.4 is 0 Å². The van der Waals surface area contributed by atoms with E-state index in [1.165, 1.54) is 283 Å². The molecule has 6 nitrogen and oxygen atoms in total. The molecule has 79 heavy (non-hydrogen) atoms. The molecule has 0 saturated carbocycles. The van der Waals surface area contributed by atoms with E-state index in [4.69, 9.17) is 14.2 Å². The van der Waals surface area contributed by atoms with Crippen molar-refractivity contribution in [1.82, 2.24) is 0 Å². The van der Waals surface area contributed by atoms with E-state index in [9.17, 15) is 14.4 Å². The van der Waals surface area contributed by atoms with Crippen LogP contribution in [0.25, 0.3) is 0 Å². The molecule has 464 valence electrons. The first-order valence-electron chi connectivity index (χ1n) is 35.5. The van der Waals surface area contributed by atoms with Crippen molar-refractivity contribution >= 4 is 17.9 Å². The van der Waals surface area contributed by atoms with Gasteiger partial charge in [-0.05, 0) is 77.0 Å². The molecule has 1 unspecified atom stereocenters.